The number of fused-ring (bicyclic) bond motifs is 1. The molecule has 3 rings (SSSR count). The highest BCUT2D eigenvalue weighted by Gasteiger charge is 2.57. The van der Waals surface area contributed by atoms with Gasteiger partial charge in [-0.25, -0.2) is 18.4 Å². The second-order valence-corrected chi connectivity index (χ2v) is 9.76. The highest BCUT2D eigenvalue weighted by atomic mass is 32.2. The first-order valence-electron chi connectivity index (χ1n) is 9.04. The monoisotopic (exact) mass is 440 g/mol. The Hall–Kier alpha value is -2.89. The van der Waals surface area contributed by atoms with Crippen molar-refractivity contribution in [2.45, 2.75) is 50.0 Å². The standard InChI is InChI=1S/C18H21FN4O6S/c1-17(2,3)29-16(25)20-15-21-18(9-11(24)8-14(18)30(28)22(15)4)12-7-10(23(26)27)5-6-13(12)19/h5-7,14H,8-9H2,1-4H3,(H,20,21,25). The van der Waals surface area contributed by atoms with Crippen LogP contribution in [0.25, 0.3) is 0 Å². The fourth-order valence-electron chi connectivity index (χ4n) is 3.54. The van der Waals surface area contributed by atoms with Crippen molar-refractivity contribution in [3.05, 3.63) is 39.7 Å². The van der Waals surface area contributed by atoms with Gasteiger partial charge in [0, 0.05) is 37.6 Å². The van der Waals surface area contributed by atoms with E-state index in [-0.39, 0.29) is 35.8 Å². The number of ketones is 1. The number of non-ortho nitro benzene ring substituents is 1. The fourth-order valence-corrected chi connectivity index (χ4v) is 5.10. The van der Waals surface area contributed by atoms with Crippen molar-refractivity contribution in [2.75, 3.05) is 7.05 Å². The van der Waals surface area contributed by atoms with Crippen molar-refractivity contribution in [1.82, 2.24) is 9.62 Å². The molecule has 1 heterocycles. The number of amides is 1. The summed E-state index contributed by atoms with van der Waals surface area (Å²) in [6.07, 6.45) is -1.31. The predicted octanol–water partition coefficient (Wildman–Crippen LogP) is 2.15. The van der Waals surface area contributed by atoms with Gasteiger partial charge in [0.1, 0.15) is 33.7 Å². The molecule has 30 heavy (non-hydrogen) atoms. The van der Waals surface area contributed by atoms with Crippen LogP contribution in [0.1, 0.15) is 39.2 Å². The summed E-state index contributed by atoms with van der Waals surface area (Å²) in [5.41, 5.74) is -3.06. The smallest absolute Gasteiger partial charge is 0.414 e. The van der Waals surface area contributed by atoms with E-state index in [0.29, 0.717) is 0 Å². The average molecular weight is 440 g/mol. The number of hydrogen-bond donors (Lipinski definition) is 1. The van der Waals surface area contributed by atoms with Gasteiger partial charge in [-0.3, -0.25) is 24.5 Å². The van der Waals surface area contributed by atoms with Gasteiger partial charge >= 0.3 is 6.09 Å². The third kappa shape index (κ3) is 3.91. The third-order valence-electron chi connectivity index (χ3n) is 4.77. The highest BCUT2D eigenvalue weighted by molar-refractivity contribution is 7.84. The van der Waals surface area contributed by atoms with Crippen LogP contribution in [0, 0.1) is 15.9 Å². The second-order valence-electron chi connectivity index (χ2n) is 8.09. The zero-order valence-electron chi connectivity index (χ0n) is 16.8. The SMILES string of the molecule is CN1C(NC(=O)OC(C)(C)C)=NC2(c3cc([N+](=O)[O-])ccc3F)CC(=O)CC2S1=O. The van der Waals surface area contributed by atoms with Gasteiger partial charge in [0.25, 0.3) is 5.69 Å². The summed E-state index contributed by atoms with van der Waals surface area (Å²) >= 11 is 0. The highest BCUT2D eigenvalue weighted by Crippen LogP contribution is 2.47. The van der Waals surface area contributed by atoms with Crippen LogP contribution in [-0.2, 0) is 26.1 Å². The van der Waals surface area contributed by atoms with E-state index in [2.05, 4.69) is 10.3 Å². The normalized spacial score (nSPS) is 26.1. The Labute approximate surface area is 174 Å². The molecule has 12 heteroatoms. The van der Waals surface area contributed by atoms with E-state index in [1.807, 2.05) is 0 Å². The first-order valence-corrected chi connectivity index (χ1v) is 10.2. The molecule has 10 nitrogen and oxygen atoms in total. The maximum absolute atomic E-state index is 14.8. The molecule has 1 aromatic carbocycles. The van der Waals surface area contributed by atoms with E-state index < -0.39 is 44.2 Å². The van der Waals surface area contributed by atoms with Crippen LogP contribution in [-0.4, -0.2) is 49.2 Å². The van der Waals surface area contributed by atoms with E-state index in [1.54, 1.807) is 20.8 Å². The lowest BCUT2D eigenvalue weighted by Gasteiger charge is -2.39. The number of halogens is 1. The Morgan fingerprint density at radius 1 is 1.47 bits per heavy atom. The molecule has 1 fully saturated rings. The summed E-state index contributed by atoms with van der Waals surface area (Å²) in [4.78, 5) is 39.4. The van der Waals surface area contributed by atoms with Crippen molar-refractivity contribution in [1.29, 1.82) is 0 Å². The van der Waals surface area contributed by atoms with Crippen LogP contribution < -0.4 is 5.32 Å². The molecule has 3 atom stereocenters. The lowest BCUT2D eigenvalue weighted by Crippen LogP contribution is -2.55. The number of alkyl carbamates (subject to hydrolysis) is 1. The van der Waals surface area contributed by atoms with Crippen LogP contribution >= 0.6 is 0 Å². The van der Waals surface area contributed by atoms with Gasteiger partial charge in [0.2, 0.25) is 5.96 Å². The third-order valence-corrected chi connectivity index (χ3v) is 6.53. The maximum Gasteiger partial charge on any atom is 0.414 e. The molecule has 1 saturated carbocycles. The number of nitro groups is 1. The molecule has 1 N–H and O–H groups in total. The number of rotatable bonds is 2. The van der Waals surface area contributed by atoms with Crippen LogP contribution in [0.3, 0.4) is 0 Å². The summed E-state index contributed by atoms with van der Waals surface area (Å²) < 4.78 is 34.2. The maximum atomic E-state index is 14.8. The minimum atomic E-state index is -1.87. The van der Waals surface area contributed by atoms with Crippen molar-refractivity contribution in [3.63, 3.8) is 0 Å². The van der Waals surface area contributed by atoms with Gasteiger partial charge in [0.05, 0.1) is 10.2 Å². The number of hydrogen-bond acceptors (Lipinski definition) is 7. The van der Waals surface area contributed by atoms with E-state index in [0.717, 1.165) is 18.2 Å². The number of aliphatic imine (C=N–C) groups is 1. The van der Waals surface area contributed by atoms with Gasteiger partial charge in [-0.1, -0.05) is 0 Å². The number of nitrogens with one attached hydrogen (secondary N) is 1. The minimum absolute atomic E-state index is 0.137. The lowest BCUT2D eigenvalue weighted by molar-refractivity contribution is -0.385. The van der Waals surface area contributed by atoms with Crippen molar-refractivity contribution < 1.29 is 27.8 Å². The van der Waals surface area contributed by atoms with Crippen molar-refractivity contribution in [3.8, 4) is 0 Å². The Balaban J connectivity index is 2.14. The minimum Gasteiger partial charge on any atom is -0.444 e. The summed E-state index contributed by atoms with van der Waals surface area (Å²) in [6.45, 7) is 4.97. The predicted molar refractivity (Wildman–Crippen MR) is 105 cm³/mol. The summed E-state index contributed by atoms with van der Waals surface area (Å²) in [6, 6.07) is 2.91. The number of ether oxygens (including phenoxy) is 1. The topological polar surface area (TPSA) is 131 Å². The molecular formula is C18H21FN4O6S. The molecule has 2 aliphatic rings. The summed E-state index contributed by atoms with van der Waals surface area (Å²) in [5, 5.41) is 12.7. The molecule has 0 radical (unpaired) electrons. The number of benzene rings is 1. The van der Waals surface area contributed by atoms with Gasteiger partial charge in [-0.05, 0) is 26.8 Å². The van der Waals surface area contributed by atoms with E-state index >= 15 is 0 Å². The van der Waals surface area contributed by atoms with Crippen molar-refractivity contribution >= 4 is 34.5 Å². The van der Waals surface area contributed by atoms with Crippen LogP contribution in [0.5, 0.6) is 0 Å². The van der Waals surface area contributed by atoms with Crippen LogP contribution in [0.2, 0.25) is 0 Å². The van der Waals surface area contributed by atoms with Gasteiger partial charge < -0.3 is 4.74 Å². The number of carbonyl (C=O) groups is 2. The number of carbonyl (C=O) groups excluding carboxylic acids is 2. The Bertz CT molecular complexity index is 991. The molecule has 3 unspecified atom stereocenters. The molecule has 0 bridgehead atoms. The second kappa shape index (κ2) is 7.42. The molecule has 0 aromatic heterocycles. The molecular weight excluding hydrogens is 419 g/mol. The summed E-state index contributed by atoms with van der Waals surface area (Å²) in [7, 11) is -0.466. The zero-order valence-corrected chi connectivity index (χ0v) is 17.6. The Morgan fingerprint density at radius 3 is 2.73 bits per heavy atom. The Morgan fingerprint density at radius 2 is 2.13 bits per heavy atom. The number of Topliss-reactive ketones (excluding diaryl/α,β-unsaturated/α-hetero) is 1. The largest absolute Gasteiger partial charge is 0.444 e. The first-order chi connectivity index (χ1) is 13.8. The molecule has 1 amide bonds. The van der Waals surface area contributed by atoms with E-state index in [1.165, 1.54) is 11.4 Å². The van der Waals surface area contributed by atoms with Gasteiger partial charge in [-0.15, -0.1) is 0 Å². The molecule has 0 saturated heterocycles. The van der Waals surface area contributed by atoms with Crippen LogP contribution in [0.15, 0.2) is 23.2 Å². The number of guanidine groups is 1. The first kappa shape index (κ1) is 21.8. The van der Waals surface area contributed by atoms with E-state index in [4.69, 9.17) is 4.74 Å². The molecule has 1 aliphatic heterocycles. The molecule has 1 aromatic rings. The van der Waals surface area contributed by atoms with Crippen LogP contribution in [0.4, 0.5) is 14.9 Å². The van der Waals surface area contributed by atoms with Gasteiger partial charge in [-0.2, -0.15) is 0 Å². The zero-order chi connectivity index (χ0) is 22.4. The average Bonchev–Trinajstić information content (AvgIpc) is 2.95. The quantitative estimate of drug-likeness (QED) is 0.554. The fraction of sp³-hybridized carbons (Fsp3) is 0.500. The Kier molecular flexibility index (Phi) is 5.39. The molecule has 1 aliphatic carbocycles. The van der Waals surface area contributed by atoms with Crippen molar-refractivity contribution in [2.24, 2.45) is 4.99 Å². The summed E-state index contributed by atoms with van der Waals surface area (Å²) in [5.74, 6) is -1.31. The van der Waals surface area contributed by atoms with E-state index in [9.17, 15) is 28.3 Å². The lowest BCUT2D eigenvalue weighted by atomic mass is 9.87. The number of nitrogens with zero attached hydrogens (tertiary/aromatic N) is 3. The molecule has 162 valence electrons. The van der Waals surface area contributed by atoms with Gasteiger partial charge in [0.15, 0.2) is 0 Å². The number of nitro benzene ring substituents is 1. The molecule has 0 spiro atoms.